The lowest BCUT2D eigenvalue weighted by Gasteiger charge is -2.00. The highest BCUT2D eigenvalue weighted by molar-refractivity contribution is 5.93. The molecule has 0 fully saturated rings. The maximum Gasteiger partial charge on any atom is 0.319 e. The molecule has 0 radical (unpaired) electrons. The second-order valence-electron chi connectivity index (χ2n) is 1.58. The Hall–Kier alpha value is -1.06. The van der Waals surface area contributed by atoms with E-state index in [1.807, 2.05) is 0 Å². The van der Waals surface area contributed by atoms with Crippen LogP contribution in [-0.2, 0) is 14.3 Å². The third kappa shape index (κ3) is 2.12. The summed E-state index contributed by atoms with van der Waals surface area (Å²) >= 11 is 0. The molecule has 0 heterocycles. The molecule has 0 bridgehead atoms. The van der Waals surface area contributed by atoms with Gasteiger partial charge in [-0.2, -0.15) is 0 Å². The number of carbonyl (C=O) groups excluding carboxylic acids is 1. The van der Waals surface area contributed by atoms with Crippen LogP contribution in [0, 0.1) is 5.92 Å². The van der Waals surface area contributed by atoms with E-state index in [2.05, 4.69) is 4.74 Å². The minimum absolute atomic E-state index is 0.720. The van der Waals surface area contributed by atoms with Crippen LogP contribution in [0.25, 0.3) is 0 Å². The van der Waals surface area contributed by atoms with Gasteiger partial charge < -0.3 is 9.84 Å². The Morgan fingerprint density at radius 2 is 2.00 bits per heavy atom. The molecule has 0 unspecified atom stereocenters. The number of ether oxygens (including phenoxy) is 1. The predicted octanol–water partition coefficient (Wildman–Crippen LogP) is -0.120. The van der Waals surface area contributed by atoms with E-state index in [0.717, 1.165) is 7.11 Å². The Bertz CT molecular complexity index is 129. The Balaban J connectivity index is 3.88. The fourth-order valence-corrected chi connectivity index (χ4v) is 0.278. The van der Waals surface area contributed by atoms with Crippen LogP contribution in [0.3, 0.4) is 0 Å². The molecule has 0 rings (SSSR count). The zero-order chi connectivity index (χ0) is 7.44. The summed E-state index contributed by atoms with van der Waals surface area (Å²) in [5.41, 5.74) is 0. The highest BCUT2D eigenvalue weighted by atomic mass is 16.5. The van der Waals surface area contributed by atoms with Gasteiger partial charge in [0.15, 0.2) is 5.92 Å². The molecule has 0 saturated carbocycles. The second kappa shape index (κ2) is 3.06. The zero-order valence-electron chi connectivity index (χ0n) is 5.25. The summed E-state index contributed by atoms with van der Waals surface area (Å²) in [4.78, 5) is 20.3. The molecular weight excluding hydrogens is 124 g/mol. The van der Waals surface area contributed by atoms with Gasteiger partial charge in [-0.15, -0.1) is 0 Å². The van der Waals surface area contributed by atoms with Gasteiger partial charge in [0, 0.05) is 0 Å². The summed E-state index contributed by atoms with van der Waals surface area (Å²) in [6, 6.07) is 0. The van der Waals surface area contributed by atoms with Gasteiger partial charge in [0.1, 0.15) is 0 Å². The Morgan fingerprint density at radius 3 is 2.11 bits per heavy atom. The molecule has 0 aliphatic rings. The van der Waals surface area contributed by atoms with Crippen LogP contribution in [0.1, 0.15) is 6.92 Å². The van der Waals surface area contributed by atoms with Crippen LogP contribution in [-0.4, -0.2) is 24.2 Å². The number of esters is 1. The topological polar surface area (TPSA) is 63.6 Å². The van der Waals surface area contributed by atoms with E-state index in [1.54, 1.807) is 0 Å². The molecule has 0 aliphatic carbocycles. The van der Waals surface area contributed by atoms with E-state index in [-0.39, 0.29) is 0 Å². The van der Waals surface area contributed by atoms with Crippen LogP contribution < -0.4 is 0 Å². The quantitative estimate of drug-likeness (QED) is 0.420. The summed E-state index contributed by atoms with van der Waals surface area (Å²) < 4.78 is 4.15. The molecule has 0 aromatic carbocycles. The van der Waals surface area contributed by atoms with Crippen LogP contribution in [0.2, 0.25) is 0 Å². The monoisotopic (exact) mass is 132 g/mol. The summed E-state index contributed by atoms with van der Waals surface area (Å²) in [6.07, 6.45) is 0. The molecule has 0 aromatic heterocycles. The molecular formula is C5H8O4. The number of carboxylic acid groups (broad SMARTS) is 1. The first-order valence-electron chi connectivity index (χ1n) is 2.40. The van der Waals surface area contributed by atoms with Crippen molar-refractivity contribution >= 4 is 11.9 Å². The van der Waals surface area contributed by atoms with Gasteiger partial charge in [0.25, 0.3) is 0 Å². The smallest absolute Gasteiger partial charge is 0.319 e. The van der Waals surface area contributed by atoms with Crippen molar-refractivity contribution in [3.63, 3.8) is 0 Å². The lowest BCUT2D eigenvalue weighted by molar-refractivity contribution is -0.155. The van der Waals surface area contributed by atoms with Gasteiger partial charge in [-0.25, -0.2) is 0 Å². The minimum Gasteiger partial charge on any atom is -0.481 e. The largest absolute Gasteiger partial charge is 0.481 e. The maximum atomic E-state index is 10.4. The van der Waals surface area contributed by atoms with Crippen molar-refractivity contribution < 1.29 is 19.4 Å². The average molecular weight is 132 g/mol. The van der Waals surface area contributed by atoms with E-state index in [9.17, 15) is 9.59 Å². The van der Waals surface area contributed by atoms with Crippen molar-refractivity contribution in [2.75, 3.05) is 7.11 Å². The molecule has 4 nitrogen and oxygen atoms in total. The lowest BCUT2D eigenvalue weighted by atomic mass is 10.2. The van der Waals surface area contributed by atoms with Crippen molar-refractivity contribution in [3.05, 3.63) is 0 Å². The van der Waals surface area contributed by atoms with Crippen molar-refractivity contribution in [3.8, 4) is 0 Å². The molecule has 0 aliphatic heterocycles. The zero-order valence-corrected chi connectivity index (χ0v) is 5.25. The molecule has 0 saturated heterocycles. The summed E-state index contributed by atoms with van der Waals surface area (Å²) in [5.74, 6) is -2.95. The van der Waals surface area contributed by atoms with Gasteiger partial charge in [0.05, 0.1) is 7.11 Å². The number of rotatable bonds is 2. The summed E-state index contributed by atoms with van der Waals surface area (Å²) in [5, 5.41) is 8.18. The van der Waals surface area contributed by atoms with Crippen LogP contribution in [0.15, 0.2) is 0 Å². The van der Waals surface area contributed by atoms with E-state index in [1.165, 1.54) is 6.92 Å². The normalized spacial score (nSPS) is 12.2. The number of hydrogen-bond acceptors (Lipinski definition) is 3. The minimum atomic E-state index is -1.16. The molecule has 4 heteroatoms. The van der Waals surface area contributed by atoms with E-state index in [4.69, 9.17) is 5.11 Å². The first-order valence-corrected chi connectivity index (χ1v) is 2.40. The number of carbonyl (C=O) groups is 2. The molecule has 0 spiro atoms. The molecule has 9 heavy (non-hydrogen) atoms. The maximum absolute atomic E-state index is 10.4. The third-order valence-electron chi connectivity index (χ3n) is 0.925. The highest BCUT2D eigenvalue weighted by Gasteiger charge is 2.20. The second-order valence-corrected chi connectivity index (χ2v) is 1.58. The van der Waals surface area contributed by atoms with Gasteiger partial charge in [0.2, 0.25) is 0 Å². The molecule has 52 valence electrons. The summed E-state index contributed by atoms with van der Waals surface area (Å²) in [7, 11) is 1.15. The third-order valence-corrected chi connectivity index (χ3v) is 0.925. The van der Waals surface area contributed by atoms with E-state index >= 15 is 0 Å². The van der Waals surface area contributed by atoms with Crippen LogP contribution in [0.4, 0.5) is 0 Å². The first-order chi connectivity index (χ1) is 4.09. The molecule has 1 atom stereocenters. The van der Waals surface area contributed by atoms with Crippen LogP contribution >= 0.6 is 0 Å². The van der Waals surface area contributed by atoms with Crippen molar-refractivity contribution in [2.24, 2.45) is 5.92 Å². The molecule has 0 amide bonds. The number of hydrogen-bond donors (Lipinski definition) is 1. The van der Waals surface area contributed by atoms with Gasteiger partial charge in [-0.1, -0.05) is 0 Å². The molecule has 0 aromatic rings. The number of aliphatic carboxylic acids is 1. The van der Waals surface area contributed by atoms with E-state index in [0.29, 0.717) is 0 Å². The van der Waals surface area contributed by atoms with E-state index < -0.39 is 17.9 Å². The number of carboxylic acids is 1. The van der Waals surface area contributed by atoms with Crippen molar-refractivity contribution in [1.82, 2.24) is 0 Å². The Morgan fingerprint density at radius 1 is 1.56 bits per heavy atom. The van der Waals surface area contributed by atoms with Crippen LogP contribution in [0.5, 0.6) is 0 Å². The van der Waals surface area contributed by atoms with Crippen molar-refractivity contribution in [1.29, 1.82) is 0 Å². The fourth-order valence-electron chi connectivity index (χ4n) is 0.278. The Kier molecular flexibility index (Phi) is 2.70. The Labute approximate surface area is 52.4 Å². The van der Waals surface area contributed by atoms with Gasteiger partial charge in [-0.3, -0.25) is 9.59 Å². The fraction of sp³-hybridized carbons (Fsp3) is 0.600. The van der Waals surface area contributed by atoms with Crippen molar-refractivity contribution in [2.45, 2.75) is 6.92 Å². The first kappa shape index (κ1) is 7.94. The average Bonchev–Trinajstić information content (AvgIpc) is 1.84. The van der Waals surface area contributed by atoms with Gasteiger partial charge >= 0.3 is 11.9 Å². The number of methoxy groups -OCH3 is 1. The molecule has 1 N–H and O–H groups in total. The SMILES string of the molecule is COC(=O)[C@H](C)C(=O)O. The van der Waals surface area contributed by atoms with Gasteiger partial charge in [-0.05, 0) is 6.92 Å². The lowest BCUT2D eigenvalue weighted by Crippen LogP contribution is -2.21. The highest BCUT2D eigenvalue weighted by Crippen LogP contribution is 1.95. The standard InChI is InChI=1S/C5H8O4/c1-3(4(6)7)5(8)9-2/h3H,1-2H3,(H,6,7)/t3-/m1/s1. The summed E-state index contributed by atoms with van der Waals surface area (Å²) in [6.45, 7) is 1.27. The predicted molar refractivity (Wildman–Crippen MR) is 28.8 cm³/mol.